The molecule has 35 heavy (non-hydrogen) atoms. The maximum absolute atomic E-state index is 13.3. The number of anilines is 1. The molecule has 0 fully saturated rings. The van der Waals surface area contributed by atoms with Crippen molar-refractivity contribution in [1.29, 1.82) is 0 Å². The molecular formula is C28H25ClN4O2. The van der Waals surface area contributed by atoms with Gasteiger partial charge >= 0.3 is 6.03 Å². The lowest BCUT2D eigenvalue weighted by Crippen LogP contribution is -2.46. The van der Waals surface area contributed by atoms with E-state index in [2.05, 4.69) is 29.5 Å². The van der Waals surface area contributed by atoms with Crippen LogP contribution >= 0.6 is 11.6 Å². The molecule has 0 radical (unpaired) electrons. The molecule has 4 aromatic rings. The second-order valence-corrected chi connectivity index (χ2v) is 9.01. The Morgan fingerprint density at radius 3 is 2.31 bits per heavy atom. The zero-order valence-corrected chi connectivity index (χ0v) is 20.5. The number of aromatic nitrogens is 2. The summed E-state index contributed by atoms with van der Waals surface area (Å²) in [4.78, 5) is 19.6. The number of allylic oxidation sites excluding steroid dienone is 1. The lowest BCUT2D eigenvalue weighted by Gasteiger charge is -2.35. The highest BCUT2D eigenvalue weighted by Gasteiger charge is 2.36. The van der Waals surface area contributed by atoms with Crippen molar-refractivity contribution in [3.8, 4) is 11.4 Å². The summed E-state index contributed by atoms with van der Waals surface area (Å²) in [5, 5.41) is 7.98. The van der Waals surface area contributed by atoms with Gasteiger partial charge in [-0.3, -0.25) is 4.90 Å². The summed E-state index contributed by atoms with van der Waals surface area (Å²) in [7, 11) is 0. The van der Waals surface area contributed by atoms with Gasteiger partial charge in [-0.1, -0.05) is 77.8 Å². The molecule has 1 N–H and O–H groups in total. The molecule has 0 saturated heterocycles. The predicted molar refractivity (Wildman–Crippen MR) is 138 cm³/mol. The molecule has 1 aliphatic heterocycles. The monoisotopic (exact) mass is 484 g/mol. The Morgan fingerprint density at radius 1 is 0.971 bits per heavy atom. The molecule has 5 rings (SSSR count). The number of nitrogens with one attached hydrogen (secondary N) is 1. The highest BCUT2D eigenvalue weighted by molar-refractivity contribution is 6.30. The van der Waals surface area contributed by atoms with Gasteiger partial charge in [0.15, 0.2) is 0 Å². The van der Waals surface area contributed by atoms with Gasteiger partial charge in [0.05, 0.1) is 17.3 Å². The van der Waals surface area contributed by atoms with E-state index < -0.39 is 6.04 Å². The molecule has 3 aromatic carbocycles. The first-order chi connectivity index (χ1) is 16.9. The number of rotatable bonds is 5. The van der Waals surface area contributed by atoms with Gasteiger partial charge in [-0.25, -0.2) is 4.79 Å². The van der Waals surface area contributed by atoms with Crippen molar-refractivity contribution < 1.29 is 9.32 Å². The van der Waals surface area contributed by atoms with Crippen LogP contribution in [0, 0.1) is 6.92 Å². The molecule has 0 saturated carbocycles. The predicted octanol–water partition coefficient (Wildman–Crippen LogP) is 6.96. The van der Waals surface area contributed by atoms with E-state index >= 15 is 0 Å². The van der Waals surface area contributed by atoms with Crippen molar-refractivity contribution in [2.24, 2.45) is 0 Å². The fraction of sp³-hybridized carbons (Fsp3) is 0.179. The van der Waals surface area contributed by atoms with E-state index in [4.69, 9.17) is 21.1 Å². The Kier molecular flexibility index (Phi) is 6.14. The lowest BCUT2D eigenvalue weighted by atomic mass is 9.94. The fourth-order valence-corrected chi connectivity index (χ4v) is 4.40. The van der Waals surface area contributed by atoms with Crippen molar-refractivity contribution in [1.82, 2.24) is 15.5 Å². The molecule has 0 bridgehead atoms. The summed E-state index contributed by atoms with van der Waals surface area (Å²) >= 11 is 6.08. The quantitative estimate of drug-likeness (QED) is 0.332. The Morgan fingerprint density at radius 2 is 1.66 bits per heavy atom. The number of urea groups is 1. The summed E-state index contributed by atoms with van der Waals surface area (Å²) in [6.07, 6.45) is 0.961. The summed E-state index contributed by atoms with van der Waals surface area (Å²) in [6, 6.07) is 22.6. The third-order valence-corrected chi connectivity index (χ3v) is 6.51. The normalized spacial score (nSPS) is 15.9. The van der Waals surface area contributed by atoms with Gasteiger partial charge in [-0.15, -0.1) is 0 Å². The van der Waals surface area contributed by atoms with Crippen LogP contribution in [0.5, 0.6) is 0 Å². The number of carbonyl (C=O) groups is 1. The van der Waals surface area contributed by atoms with E-state index in [1.54, 1.807) is 17.0 Å². The maximum atomic E-state index is 13.3. The molecule has 176 valence electrons. The minimum absolute atomic E-state index is 0.242. The molecule has 1 aliphatic rings. The largest absolute Gasteiger partial charge is 0.334 e. The molecule has 7 heteroatoms. The standard InChI is InChI=1S/C28H25ClN4O2/c1-4-19-7-11-21(12-8-19)26-31-27(35-32-26)24-18(3)33(23-15-13-22(29)14-16-23)28(34)30-25(24)20-9-5-17(2)6-10-20/h5-16,25H,4H2,1-3H3,(H,30,34). The van der Waals surface area contributed by atoms with Crippen LogP contribution in [0.15, 0.2) is 83.0 Å². The molecule has 6 nitrogen and oxygen atoms in total. The third-order valence-electron chi connectivity index (χ3n) is 6.26. The Bertz CT molecular complexity index is 1390. The number of amides is 2. The molecule has 2 heterocycles. The van der Waals surface area contributed by atoms with Gasteiger partial charge in [0.25, 0.3) is 5.89 Å². The SMILES string of the molecule is CCc1ccc(-c2noc(C3=C(C)N(c4ccc(Cl)cc4)C(=O)NC3c3ccc(C)cc3)n2)cc1. The van der Waals surface area contributed by atoms with Gasteiger partial charge < -0.3 is 9.84 Å². The van der Waals surface area contributed by atoms with Crippen LogP contribution < -0.4 is 10.2 Å². The smallest absolute Gasteiger partial charge is 0.326 e. The van der Waals surface area contributed by atoms with E-state index in [0.717, 1.165) is 28.7 Å². The Hall–Kier alpha value is -3.90. The van der Waals surface area contributed by atoms with E-state index in [1.165, 1.54) is 5.56 Å². The van der Waals surface area contributed by atoms with E-state index in [1.807, 2.05) is 62.4 Å². The molecule has 0 spiro atoms. The van der Waals surface area contributed by atoms with Crippen LogP contribution in [0.1, 0.15) is 42.5 Å². The maximum Gasteiger partial charge on any atom is 0.326 e. The summed E-state index contributed by atoms with van der Waals surface area (Å²) in [5.41, 5.74) is 6.32. The molecule has 1 atom stereocenters. The average molecular weight is 485 g/mol. The Labute approximate surface area is 209 Å². The minimum Gasteiger partial charge on any atom is -0.334 e. The van der Waals surface area contributed by atoms with Crippen molar-refractivity contribution in [3.63, 3.8) is 0 Å². The number of nitrogens with zero attached hydrogens (tertiary/aromatic N) is 3. The zero-order valence-electron chi connectivity index (χ0n) is 19.7. The molecule has 1 aromatic heterocycles. The van der Waals surface area contributed by atoms with Gasteiger partial charge in [-0.05, 0) is 55.7 Å². The van der Waals surface area contributed by atoms with Crippen LogP contribution in [-0.2, 0) is 6.42 Å². The highest BCUT2D eigenvalue weighted by Crippen LogP contribution is 2.39. The van der Waals surface area contributed by atoms with Crippen LogP contribution in [0.4, 0.5) is 10.5 Å². The zero-order chi connectivity index (χ0) is 24.5. The molecule has 1 unspecified atom stereocenters. The van der Waals surface area contributed by atoms with Gasteiger partial charge in [0.2, 0.25) is 5.82 Å². The molecule has 2 amide bonds. The first-order valence-electron chi connectivity index (χ1n) is 11.5. The average Bonchev–Trinajstić information content (AvgIpc) is 3.35. The Balaban J connectivity index is 1.62. The second kappa shape index (κ2) is 9.39. The number of benzene rings is 3. The fourth-order valence-electron chi connectivity index (χ4n) is 4.27. The first kappa shape index (κ1) is 22.9. The molecular weight excluding hydrogens is 460 g/mol. The van der Waals surface area contributed by atoms with E-state index in [9.17, 15) is 4.79 Å². The number of halogens is 1. The summed E-state index contributed by atoms with van der Waals surface area (Å²) in [6.45, 7) is 6.04. The number of hydrogen-bond acceptors (Lipinski definition) is 4. The van der Waals surface area contributed by atoms with Crippen molar-refractivity contribution in [3.05, 3.63) is 106 Å². The number of aryl methyl sites for hydroxylation is 2. The van der Waals surface area contributed by atoms with E-state index in [-0.39, 0.29) is 6.03 Å². The van der Waals surface area contributed by atoms with Crippen LogP contribution in [0.25, 0.3) is 17.0 Å². The number of hydrogen-bond donors (Lipinski definition) is 1. The second-order valence-electron chi connectivity index (χ2n) is 8.58. The van der Waals surface area contributed by atoms with Gasteiger partial charge in [-0.2, -0.15) is 4.98 Å². The van der Waals surface area contributed by atoms with Gasteiger partial charge in [0, 0.05) is 16.3 Å². The highest BCUT2D eigenvalue weighted by atomic mass is 35.5. The molecule has 0 aliphatic carbocycles. The number of carbonyl (C=O) groups excluding carboxylic acids is 1. The van der Waals surface area contributed by atoms with Crippen molar-refractivity contribution in [2.75, 3.05) is 4.90 Å². The van der Waals surface area contributed by atoms with Crippen molar-refractivity contribution in [2.45, 2.75) is 33.2 Å². The lowest BCUT2D eigenvalue weighted by molar-refractivity contribution is 0.244. The van der Waals surface area contributed by atoms with E-state index in [0.29, 0.717) is 28.1 Å². The van der Waals surface area contributed by atoms with Crippen molar-refractivity contribution >= 4 is 28.9 Å². The topological polar surface area (TPSA) is 71.3 Å². The van der Waals surface area contributed by atoms with Crippen LogP contribution in [0.2, 0.25) is 5.02 Å². The first-order valence-corrected chi connectivity index (χ1v) is 11.9. The van der Waals surface area contributed by atoms with Gasteiger partial charge in [0.1, 0.15) is 0 Å². The van der Waals surface area contributed by atoms with Crippen LogP contribution in [0.3, 0.4) is 0 Å². The minimum atomic E-state index is -0.442. The summed E-state index contributed by atoms with van der Waals surface area (Å²) in [5.74, 6) is 0.863. The van der Waals surface area contributed by atoms with Crippen LogP contribution in [-0.4, -0.2) is 16.2 Å². The summed E-state index contributed by atoms with van der Waals surface area (Å²) < 4.78 is 5.78. The third kappa shape index (κ3) is 4.45.